The normalized spacial score (nSPS) is 20.4. The van der Waals surface area contributed by atoms with Crippen molar-refractivity contribution >= 4 is 23.5 Å². The van der Waals surface area contributed by atoms with Crippen LogP contribution in [0.1, 0.15) is 31.2 Å². The van der Waals surface area contributed by atoms with Crippen molar-refractivity contribution in [3.63, 3.8) is 0 Å². The minimum absolute atomic E-state index is 0.134. The Labute approximate surface area is 142 Å². The van der Waals surface area contributed by atoms with Crippen molar-refractivity contribution in [2.75, 3.05) is 62.7 Å². The SMILES string of the molecule is CC(=O)N1CCC(c2c(N)nc(N)nc2N2CCN(C)CC2)CC1. The van der Waals surface area contributed by atoms with Crippen molar-refractivity contribution in [3.8, 4) is 0 Å². The quantitative estimate of drug-likeness (QED) is 0.792. The molecule has 2 fully saturated rings. The smallest absolute Gasteiger partial charge is 0.223 e. The highest BCUT2D eigenvalue weighted by Crippen LogP contribution is 2.37. The van der Waals surface area contributed by atoms with E-state index in [0.29, 0.717) is 5.82 Å². The van der Waals surface area contributed by atoms with Gasteiger partial charge in [-0.2, -0.15) is 9.97 Å². The Morgan fingerprint density at radius 1 is 1.04 bits per heavy atom. The zero-order valence-corrected chi connectivity index (χ0v) is 14.5. The van der Waals surface area contributed by atoms with E-state index in [1.54, 1.807) is 6.92 Å². The van der Waals surface area contributed by atoms with E-state index in [2.05, 4.69) is 26.8 Å². The van der Waals surface area contributed by atoms with E-state index in [1.807, 2.05) is 4.90 Å². The molecule has 0 aromatic carbocycles. The molecular formula is C16H27N7O. The number of amides is 1. The van der Waals surface area contributed by atoms with Gasteiger partial charge in [-0.15, -0.1) is 0 Å². The minimum atomic E-state index is 0.134. The molecule has 0 unspecified atom stereocenters. The molecule has 8 heteroatoms. The summed E-state index contributed by atoms with van der Waals surface area (Å²) in [6, 6.07) is 0. The summed E-state index contributed by atoms with van der Waals surface area (Å²) in [5.74, 6) is 2.00. The van der Waals surface area contributed by atoms with Crippen molar-refractivity contribution in [1.82, 2.24) is 19.8 Å². The molecule has 0 aliphatic carbocycles. The molecule has 1 amide bonds. The molecule has 0 radical (unpaired) electrons. The van der Waals surface area contributed by atoms with Gasteiger partial charge in [-0.3, -0.25) is 4.79 Å². The van der Waals surface area contributed by atoms with Crippen molar-refractivity contribution in [2.24, 2.45) is 0 Å². The molecule has 8 nitrogen and oxygen atoms in total. The van der Waals surface area contributed by atoms with Gasteiger partial charge in [-0.05, 0) is 25.8 Å². The second-order valence-electron chi connectivity index (χ2n) is 6.77. The van der Waals surface area contributed by atoms with Gasteiger partial charge in [-0.1, -0.05) is 0 Å². The highest BCUT2D eigenvalue weighted by atomic mass is 16.2. The Balaban J connectivity index is 1.86. The van der Waals surface area contributed by atoms with Crippen LogP contribution in [-0.4, -0.2) is 72.0 Å². The van der Waals surface area contributed by atoms with Crippen LogP contribution in [0.15, 0.2) is 0 Å². The summed E-state index contributed by atoms with van der Waals surface area (Å²) in [6.07, 6.45) is 1.77. The lowest BCUT2D eigenvalue weighted by molar-refractivity contribution is -0.129. The van der Waals surface area contributed by atoms with Crippen LogP contribution in [0.3, 0.4) is 0 Å². The summed E-state index contributed by atoms with van der Waals surface area (Å²) in [5.41, 5.74) is 13.1. The predicted octanol–water partition coefficient (Wildman–Crippen LogP) is 0.119. The first-order valence-corrected chi connectivity index (χ1v) is 8.57. The summed E-state index contributed by atoms with van der Waals surface area (Å²) < 4.78 is 0. The number of likely N-dealkylation sites (tertiary alicyclic amines) is 1. The second kappa shape index (κ2) is 6.80. The van der Waals surface area contributed by atoms with Crippen LogP contribution >= 0.6 is 0 Å². The van der Waals surface area contributed by atoms with Gasteiger partial charge in [-0.25, -0.2) is 0 Å². The molecule has 0 spiro atoms. The van der Waals surface area contributed by atoms with Crippen LogP contribution in [0, 0.1) is 0 Å². The molecule has 24 heavy (non-hydrogen) atoms. The Morgan fingerprint density at radius 2 is 1.67 bits per heavy atom. The maximum Gasteiger partial charge on any atom is 0.223 e. The van der Waals surface area contributed by atoms with Gasteiger partial charge in [0.05, 0.1) is 0 Å². The summed E-state index contributed by atoms with van der Waals surface area (Å²) >= 11 is 0. The van der Waals surface area contributed by atoms with Crippen molar-refractivity contribution in [1.29, 1.82) is 0 Å². The van der Waals surface area contributed by atoms with E-state index in [1.165, 1.54) is 0 Å². The van der Waals surface area contributed by atoms with Gasteiger partial charge in [0.1, 0.15) is 11.6 Å². The number of anilines is 3. The zero-order valence-electron chi connectivity index (χ0n) is 14.5. The fourth-order valence-corrected chi connectivity index (χ4v) is 3.63. The molecule has 1 aromatic rings. The Kier molecular flexibility index (Phi) is 4.75. The number of nitrogen functional groups attached to an aromatic ring is 2. The molecule has 2 aliphatic rings. The number of aromatic nitrogens is 2. The number of nitrogens with two attached hydrogens (primary N) is 2. The van der Waals surface area contributed by atoms with Crippen molar-refractivity contribution in [3.05, 3.63) is 5.56 Å². The third-order valence-corrected chi connectivity index (χ3v) is 5.12. The lowest BCUT2D eigenvalue weighted by Crippen LogP contribution is -2.45. The van der Waals surface area contributed by atoms with E-state index in [9.17, 15) is 4.79 Å². The Bertz CT molecular complexity index is 605. The third-order valence-electron chi connectivity index (χ3n) is 5.12. The molecule has 0 bridgehead atoms. The van der Waals surface area contributed by atoms with Gasteiger partial charge in [0.15, 0.2) is 0 Å². The van der Waals surface area contributed by atoms with Gasteiger partial charge in [0.2, 0.25) is 11.9 Å². The standard InChI is InChI=1S/C16H27N7O/c1-11(24)22-5-3-12(4-6-22)13-14(17)19-16(18)20-15(13)23-9-7-21(2)8-10-23/h12H,3-10H2,1-2H3,(H4,17,18,19,20). The lowest BCUT2D eigenvalue weighted by atomic mass is 9.89. The van der Waals surface area contributed by atoms with Gasteiger partial charge >= 0.3 is 0 Å². The minimum Gasteiger partial charge on any atom is -0.383 e. The van der Waals surface area contributed by atoms with Crippen molar-refractivity contribution in [2.45, 2.75) is 25.7 Å². The number of carbonyl (C=O) groups is 1. The van der Waals surface area contributed by atoms with Crippen molar-refractivity contribution < 1.29 is 4.79 Å². The molecule has 132 valence electrons. The van der Waals surface area contributed by atoms with Crippen LogP contribution in [-0.2, 0) is 4.79 Å². The van der Waals surface area contributed by atoms with Crippen LogP contribution < -0.4 is 16.4 Å². The largest absolute Gasteiger partial charge is 0.383 e. The molecule has 2 aliphatic heterocycles. The molecule has 1 aromatic heterocycles. The van der Waals surface area contributed by atoms with Crippen LogP contribution in [0.2, 0.25) is 0 Å². The van der Waals surface area contributed by atoms with E-state index in [-0.39, 0.29) is 17.8 Å². The molecule has 2 saturated heterocycles. The first-order chi connectivity index (χ1) is 11.5. The van der Waals surface area contributed by atoms with Gasteiger partial charge in [0.25, 0.3) is 0 Å². The number of piperazine rings is 1. The number of hydrogen-bond donors (Lipinski definition) is 2. The number of rotatable bonds is 2. The number of piperidine rings is 1. The molecule has 3 rings (SSSR count). The predicted molar refractivity (Wildman–Crippen MR) is 94.8 cm³/mol. The second-order valence-corrected chi connectivity index (χ2v) is 6.77. The maximum absolute atomic E-state index is 11.5. The molecule has 3 heterocycles. The van der Waals surface area contributed by atoms with Gasteiger partial charge < -0.3 is 26.2 Å². The first-order valence-electron chi connectivity index (χ1n) is 8.57. The number of hydrogen-bond acceptors (Lipinski definition) is 7. The Morgan fingerprint density at radius 3 is 2.25 bits per heavy atom. The average Bonchev–Trinajstić information content (AvgIpc) is 2.55. The summed E-state index contributed by atoms with van der Waals surface area (Å²) in [5, 5.41) is 0. The number of likely N-dealkylation sites (N-methyl/N-ethyl adjacent to an activating group) is 1. The van der Waals surface area contributed by atoms with Crippen LogP contribution in [0.4, 0.5) is 17.6 Å². The first kappa shape index (κ1) is 16.8. The van der Waals surface area contributed by atoms with Gasteiger partial charge in [0, 0.05) is 51.8 Å². The number of carbonyl (C=O) groups excluding carboxylic acids is 1. The lowest BCUT2D eigenvalue weighted by Gasteiger charge is -2.37. The highest BCUT2D eigenvalue weighted by molar-refractivity contribution is 5.73. The third kappa shape index (κ3) is 3.38. The van der Waals surface area contributed by atoms with Crippen LogP contribution in [0.25, 0.3) is 0 Å². The van der Waals surface area contributed by atoms with Crippen LogP contribution in [0.5, 0.6) is 0 Å². The topological polar surface area (TPSA) is 105 Å². The molecule has 0 atom stereocenters. The fourth-order valence-electron chi connectivity index (χ4n) is 3.63. The average molecular weight is 333 g/mol. The zero-order chi connectivity index (χ0) is 17.3. The summed E-state index contributed by atoms with van der Waals surface area (Å²) in [7, 11) is 2.12. The fraction of sp³-hybridized carbons (Fsp3) is 0.688. The maximum atomic E-state index is 11.5. The Hall–Kier alpha value is -2.09. The van der Waals surface area contributed by atoms with E-state index >= 15 is 0 Å². The van der Waals surface area contributed by atoms with E-state index < -0.39 is 0 Å². The number of nitrogens with zero attached hydrogens (tertiary/aromatic N) is 5. The summed E-state index contributed by atoms with van der Waals surface area (Å²) in [4.78, 5) is 26.7. The molecule has 0 saturated carbocycles. The highest BCUT2D eigenvalue weighted by Gasteiger charge is 2.29. The van der Waals surface area contributed by atoms with E-state index in [4.69, 9.17) is 11.5 Å². The molecular weight excluding hydrogens is 306 g/mol. The monoisotopic (exact) mass is 333 g/mol. The molecule has 4 N–H and O–H groups in total. The van der Waals surface area contributed by atoms with E-state index in [0.717, 1.165) is 63.5 Å². The summed E-state index contributed by atoms with van der Waals surface area (Å²) in [6.45, 7) is 6.93.